The van der Waals surface area contributed by atoms with Gasteiger partial charge in [0.25, 0.3) is 0 Å². The summed E-state index contributed by atoms with van der Waals surface area (Å²) in [6, 6.07) is -0.581. The molecule has 0 bridgehead atoms. The zero-order valence-corrected chi connectivity index (χ0v) is 36.1. The molecule has 1 rings (SSSR count). The Morgan fingerprint density at radius 1 is 0.554 bits per heavy atom. The molecule has 1 amide bonds. The molecule has 1 saturated heterocycles. The highest BCUT2D eigenvalue weighted by atomic mass is 16.5. The second kappa shape index (κ2) is 37.8. The zero-order chi connectivity index (χ0) is 40.7. The molecule has 3 atom stereocenters. The minimum atomic E-state index is -0.581. The van der Waals surface area contributed by atoms with E-state index >= 15 is 0 Å². The first kappa shape index (κ1) is 51.3. The molecular formula is C48H85N3O5. The number of hydrogen-bond donors (Lipinski definition) is 2. The van der Waals surface area contributed by atoms with Crippen LogP contribution in [0.1, 0.15) is 187 Å². The monoisotopic (exact) mass is 784 g/mol. The van der Waals surface area contributed by atoms with Gasteiger partial charge in [-0.2, -0.15) is 0 Å². The van der Waals surface area contributed by atoms with Crippen LogP contribution < -0.4 is 11.5 Å². The predicted molar refractivity (Wildman–Crippen MR) is 235 cm³/mol. The van der Waals surface area contributed by atoms with Crippen LogP contribution in [0.5, 0.6) is 0 Å². The second-order valence-electron chi connectivity index (χ2n) is 16.0. The van der Waals surface area contributed by atoms with Gasteiger partial charge in [0.1, 0.15) is 0 Å². The van der Waals surface area contributed by atoms with Crippen LogP contribution in [0.2, 0.25) is 0 Å². The van der Waals surface area contributed by atoms with Crippen molar-refractivity contribution in [3.63, 3.8) is 0 Å². The van der Waals surface area contributed by atoms with Crippen molar-refractivity contribution in [2.24, 2.45) is 23.3 Å². The van der Waals surface area contributed by atoms with Crippen molar-refractivity contribution in [3.05, 3.63) is 48.6 Å². The fourth-order valence-corrected chi connectivity index (χ4v) is 7.07. The molecule has 8 nitrogen and oxygen atoms in total. The van der Waals surface area contributed by atoms with Crippen LogP contribution in [-0.2, 0) is 23.9 Å². The number of esters is 2. The van der Waals surface area contributed by atoms with E-state index in [0.717, 1.165) is 77.0 Å². The minimum absolute atomic E-state index is 0.0904. The van der Waals surface area contributed by atoms with Gasteiger partial charge in [0, 0.05) is 37.8 Å². The summed E-state index contributed by atoms with van der Waals surface area (Å²) < 4.78 is 11.5. The van der Waals surface area contributed by atoms with E-state index in [4.69, 9.17) is 20.9 Å². The van der Waals surface area contributed by atoms with Crippen LogP contribution in [0, 0.1) is 11.8 Å². The number of rotatable bonds is 37. The van der Waals surface area contributed by atoms with Crippen LogP contribution in [0.4, 0.5) is 0 Å². The van der Waals surface area contributed by atoms with Crippen molar-refractivity contribution in [3.8, 4) is 0 Å². The standard InChI is InChI=1S/C48H85N3O5/c1-3-5-7-9-11-13-15-17-19-21-23-25-27-29-31-36-46(52)55-41-43-39-51(48(54)45(50)35-33-34-38-49)40-44(43)42-56-47(53)37-32-30-28-26-24-22-20-18-16-14-12-10-8-6-4-2/h11-14,17-20,43-45H,3-10,15-16,21-42,49-50H2,1-2H3/t43-,44-,45-/m0/s1. The summed E-state index contributed by atoms with van der Waals surface area (Å²) in [7, 11) is 0. The average molecular weight is 784 g/mol. The van der Waals surface area contributed by atoms with E-state index in [1.54, 1.807) is 4.90 Å². The van der Waals surface area contributed by atoms with Crippen molar-refractivity contribution in [1.29, 1.82) is 0 Å². The van der Waals surface area contributed by atoms with Crippen LogP contribution in [0.25, 0.3) is 0 Å². The van der Waals surface area contributed by atoms with Gasteiger partial charge in [0.15, 0.2) is 0 Å². The van der Waals surface area contributed by atoms with E-state index in [-0.39, 0.29) is 42.9 Å². The van der Waals surface area contributed by atoms with Crippen LogP contribution in [0.15, 0.2) is 48.6 Å². The molecule has 4 N–H and O–H groups in total. The lowest BCUT2D eigenvalue weighted by Gasteiger charge is -2.21. The topological polar surface area (TPSA) is 125 Å². The number of hydrogen-bond acceptors (Lipinski definition) is 7. The fourth-order valence-electron chi connectivity index (χ4n) is 7.07. The summed E-state index contributed by atoms with van der Waals surface area (Å²) in [5.41, 5.74) is 11.9. The third-order valence-electron chi connectivity index (χ3n) is 10.8. The molecular weight excluding hydrogens is 699 g/mol. The Hall–Kier alpha value is -2.71. The van der Waals surface area contributed by atoms with Gasteiger partial charge in [-0.15, -0.1) is 0 Å². The molecule has 322 valence electrons. The molecule has 56 heavy (non-hydrogen) atoms. The first-order chi connectivity index (χ1) is 27.4. The molecule has 0 aliphatic carbocycles. The summed E-state index contributed by atoms with van der Waals surface area (Å²) in [4.78, 5) is 40.3. The Kier molecular flexibility index (Phi) is 34.7. The SMILES string of the molecule is CCCCCC=CCC=CCCCCCCCC(=O)OC[C@@H]1CN(C(=O)[C@@H](N)CCCCN)C[C@H]1COC(=O)CCCCCCCC=CCC=CCCCCC. The fraction of sp³-hybridized carbons (Fsp3) is 0.771. The van der Waals surface area contributed by atoms with E-state index in [9.17, 15) is 14.4 Å². The number of ether oxygens (including phenoxy) is 2. The van der Waals surface area contributed by atoms with Gasteiger partial charge >= 0.3 is 11.9 Å². The maximum atomic E-state index is 13.2. The van der Waals surface area contributed by atoms with Gasteiger partial charge in [-0.05, 0) is 96.4 Å². The van der Waals surface area contributed by atoms with Gasteiger partial charge in [0.2, 0.25) is 5.91 Å². The lowest BCUT2D eigenvalue weighted by molar-refractivity contribution is -0.149. The van der Waals surface area contributed by atoms with Gasteiger partial charge in [-0.25, -0.2) is 0 Å². The number of carbonyl (C=O) groups is 3. The minimum Gasteiger partial charge on any atom is -0.465 e. The zero-order valence-electron chi connectivity index (χ0n) is 36.1. The van der Waals surface area contributed by atoms with E-state index in [1.807, 2.05) is 0 Å². The van der Waals surface area contributed by atoms with Crippen molar-refractivity contribution in [2.75, 3.05) is 32.8 Å². The Bertz CT molecular complexity index is 1020. The molecule has 1 aliphatic rings. The molecule has 0 unspecified atom stereocenters. The lowest BCUT2D eigenvalue weighted by Crippen LogP contribution is -2.43. The Morgan fingerprint density at radius 3 is 1.36 bits per heavy atom. The Morgan fingerprint density at radius 2 is 0.946 bits per heavy atom. The Balaban J connectivity index is 2.34. The number of unbranched alkanes of at least 4 members (excludes halogenated alkanes) is 17. The highest BCUT2D eigenvalue weighted by molar-refractivity contribution is 5.82. The third-order valence-corrected chi connectivity index (χ3v) is 10.8. The smallest absolute Gasteiger partial charge is 0.305 e. The first-order valence-electron chi connectivity index (χ1n) is 23.1. The summed E-state index contributed by atoms with van der Waals surface area (Å²) in [6.45, 7) is 6.40. The second-order valence-corrected chi connectivity index (χ2v) is 16.0. The highest BCUT2D eigenvalue weighted by Gasteiger charge is 2.38. The summed E-state index contributed by atoms with van der Waals surface area (Å²) in [6.07, 6.45) is 46.3. The molecule has 1 fully saturated rings. The summed E-state index contributed by atoms with van der Waals surface area (Å²) in [5, 5.41) is 0. The van der Waals surface area contributed by atoms with E-state index in [0.29, 0.717) is 38.9 Å². The van der Waals surface area contributed by atoms with E-state index < -0.39 is 6.04 Å². The maximum absolute atomic E-state index is 13.2. The lowest BCUT2D eigenvalue weighted by atomic mass is 9.98. The first-order valence-corrected chi connectivity index (χ1v) is 23.1. The number of nitrogens with zero attached hydrogens (tertiary/aromatic N) is 1. The van der Waals surface area contributed by atoms with E-state index in [2.05, 4.69) is 62.5 Å². The summed E-state index contributed by atoms with van der Waals surface area (Å²) >= 11 is 0. The predicted octanol–water partition coefficient (Wildman–Crippen LogP) is 11.2. The van der Waals surface area contributed by atoms with Gasteiger partial charge in [-0.3, -0.25) is 14.4 Å². The molecule has 0 spiro atoms. The van der Waals surface area contributed by atoms with Gasteiger partial charge < -0.3 is 25.8 Å². The molecule has 8 heteroatoms. The molecule has 0 aromatic heterocycles. The van der Waals surface area contributed by atoms with Crippen LogP contribution in [-0.4, -0.2) is 61.6 Å². The molecule has 0 radical (unpaired) electrons. The molecule has 1 aliphatic heterocycles. The number of amides is 1. The molecule has 0 saturated carbocycles. The third kappa shape index (κ3) is 29.5. The number of nitrogens with two attached hydrogens (primary N) is 2. The Labute approximate surface area is 343 Å². The van der Waals surface area contributed by atoms with Crippen LogP contribution in [0.3, 0.4) is 0 Å². The number of carbonyl (C=O) groups excluding carboxylic acids is 3. The normalized spacial score (nSPS) is 16.6. The largest absolute Gasteiger partial charge is 0.465 e. The average Bonchev–Trinajstić information content (AvgIpc) is 3.61. The van der Waals surface area contributed by atoms with Gasteiger partial charge in [-0.1, -0.05) is 133 Å². The number of likely N-dealkylation sites (tertiary alicyclic amines) is 1. The van der Waals surface area contributed by atoms with Gasteiger partial charge in [0.05, 0.1) is 19.3 Å². The molecule has 0 aromatic rings. The summed E-state index contributed by atoms with van der Waals surface area (Å²) in [5.74, 6) is -0.672. The van der Waals surface area contributed by atoms with Crippen molar-refractivity contribution in [2.45, 2.75) is 193 Å². The molecule has 0 aromatic carbocycles. The van der Waals surface area contributed by atoms with Crippen molar-refractivity contribution < 1.29 is 23.9 Å². The van der Waals surface area contributed by atoms with E-state index in [1.165, 1.54) is 77.0 Å². The maximum Gasteiger partial charge on any atom is 0.305 e. The highest BCUT2D eigenvalue weighted by Crippen LogP contribution is 2.26. The quantitative estimate of drug-likeness (QED) is 0.0365. The van der Waals surface area contributed by atoms with Crippen molar-refractivity contribution >= 4 is 17.8 Å². The van der Waals surface area contributed by atoms with Crippen molar-refractivity contribution in [1.82, 2.24) is 4.90 Å². The molecule has 1 heterocycles. The van der Waals surface area contributed by atoms with Crippen LogP contribution >= 0.6 is 0 Å². The number of allylic oxidation sites excluding steroid dienone is 8.